The van der Waals surface area contributed by atoms with E-state index < -0.39 is 0 Å². The zero-order valence-electron chi connectivity index (χ0n) is 15.4. The molecule has 1 heterocycles. The Morgan fingerprint density at radius 3 is 2.80 bits per heavy atom. The third-order valence-corrected chi connectivity index (χ3v) is 4.64. The maximum Gasteiger partial charge on any atom is 0.193 e. The number of ether oxygens (including phenoxy) is 1. The summed E-state index contributed by atoms with van der Waals surface area (Å²) < 4.78 is 5.76. The number of thiazole rings is 1. The van der Waals surface area contributed by atoms with Gasteiger partial charge in [-0.15, -0.1) is 11.3 Å². The summed E-state index contributed by atoms with van der Waals surface area (Å²) in [5.74, 6) is 1.83. The molecule has 0 aliphatic carbocycles. The molecule has 0 saturated carbocycles. The first-order chi connectivity index (χ1) is 12.2. The van der Waals surface area contributed by atoms with Gasteiger partial charge in [-0.2, -0.15) is 0 Å². The monoisotopic (exact) mass is 360 g/mol. The molecule has 0 radical (unpaired) electrons. The van der Waals surface area contributed by atoms with Crippen molar-refractivity contribution in [3.8, 4) is 5.75 Å². The van der Waals surface area contributed by atoms with Crippen molar-refractivity contribution in [3.05, 3.63) is 46.4 Å². The van der Waals surface area contributed by atoms with Gasteiger partial charge in [0.25, 0.3) is 0 Å². The number of rotatable bonds is 9. The van der Waals surface area contributed by atoms with Crippen LogP contribution >= 0.6 is 11.3 Å². The highest BCUT2D eigenvalue weighted by molar-refractivity contribution is 7.09. The van der Waals surface area contributed by atoms with Crippen molar-refractivity contribution in [2.24, 2.45) is 4.99 Å². The average molecular weight is 361 g/mol. The van der Waals surface area contributed by atoms with Crippen LogP contribution < -0.4 is 10.1 Å². The number of likely N-dealkylation sites (N-methyl/N-ethyl adjacent to an activating group) is 1. The minimum atomic E-state index is 0.628. The Bertz CT molecular complexity index is 642. The maximum atomic E-state index is 5.76. The zero-order valence-corrected chi connectivity index (χ0v) is 16.2. The molecule has 6 heteroatoms. The number of benzene rings is 1. The Morgan fingerprint density at radius 2 is 2.12 bits per heavy atom. The molecule has 1 aromatic heterocycles. The SMILES string of the molecule is CCNC(=NCCCc1nc(C)cs1)N(C)CCOc1ccccc1. The van der Waals surface area contributed by atoms with Crippen LogP contribution in [0.1, 0.15) is 24.0 Å². The van der Waals surface area contributed by atoms with Crippen molar-refractivity contribution in [2.75, 3.05) is 33.3 Å². The summed E-state index contributed by atoms with van der Waals surface area (Å²) in [5, 5.41) is 6.64. The van der Waals surface area contributed by atoms with E-state index in [9.17, 15) is 0 Å². The molecule has 5 nitrogen and oxygen atoms in total. The van der Waals surface area contributed by atoms with Crippen molar-refractivity contribution in [3.63, 3.8) is 0 Å². The van der Waals surface area contributed by atoms with Gasteiger partial charge in [-0.3, -0.25) is 4.99 Å². The quantitative estimate of drug-likeness (QED) is 0.423. The molecule has 0 amide bonds. The van der Waals surface area contributed by atoms with Crippen molar-refractivity contribution in [2.45, 2.75) is 26.7 Å². The van der Waals surface area contributed by atoms with Crippen LogP contribution in [0.15, 0.2) is 40.7 Å². The fourth-order valence-corrected chi connectivity index (χ4v) is 3.14. The van der Waals surface area contributed by atoms with Crippen molar-refractivity contribution in [1.82, 2.24) is 15.2 Å². The van der Waals surface area contributed by atoms with Gasteiger partial charge < -0.3 is 15.0 Å². The third kappa shape index (κ3) is 7.13. The minimum absolute atomic E-state index is 0.628. The number of para-hydroxylation sites is 1. The van der Waals surface area contributed by atoms with E-state index >= 15 is 0 Å². The van der Waals surface area contributed by atoms with Crippen LogP contribution in [-0.2, 0) is 6.42 Å². The Hall–Kier alpha value is -2.08. The summed E-state index contributed by atoms with van der Waals surface area (Å²) in [7, 11) is 2.04. The highest BCUT2D eigenvalue weighted by Crippen LogP contribution is 2.11. The number of nitrogens with one attached hydrogen (secondary N) is 1. The first-order valence-electron chi connectivity index (χ1n) is 8.77. The van der Waals surface area contributed by atoms with E-state index in [0.717, 1.165) is 49.9 Å². The molecule has 0 bridgehead atoms. The Balaban J connectivity index is 1.74. The van der Waals surface area contributed by atoms with Crippen LogP contribution in [0.4, 0.5) is 0 Å². The number of aliphatic imine (C=N–C) groups is 1. The molecule has 0 aliphatic rings. The predicted molar refractivity (Wildman–Crippen MR) is 106 cm³/mol. The summed E-state index contributed by atoms with van der Waals surface area (Å²) in [5.41, 5.74) is 1.11. The molecule has 1 aromatic carbocycles. The number of hydrogen-bond acceptors (Lipinski definition) is 4. The second-order valence-electron chi connectivity index (χ2n) is 5.80. The van der Waals surface area contributed by atoms with Crippen LogP contribution in [0.5, 0.6) is 5.75 Å². The summed E-state index contributed by atoms with van der Waals surface area (Å²) in [6, 6.07) is 9.89. The largest absolute Gasteiger partial charge is 0.492 e. The lowest BCUT2D eigenvalue weighted by Crippen LogP contribution is -2.41. The highest BCUT2D eigenvalue weighted by Gasteiger charge is 2.06. The lowest BCUT2D eigenvalue weighted by molar-refractivity contribution is 0.281. The Kier molecular flexibility index (Phi) is 8.25. The van der Waals surface area contributed by atoms with Gasteiger partial charge in [0.05, 0.1) is 11.6 Å². The van der Waals surface area contributed by atoms with E-state index in [4.69, 9.17) is 9.73 Å². The van der Waals surface area contributed by atoms with E-state index in [0.29, 0.717) is 6.61 Å². The molecule has 0 fully saturated rings. The van der Waals surface area contributed by atoms with Gasteiger partial charge in [0, 0.05) is 37.6 Å². The summed E-state index contributed by atoms with van der Waals surface area (Å²) in [6.45, 7) is 7.19. The molecular weight excluding hydrogens is 332 g/mol. The van der Waals surface area contributed by atoms with E-state index in [2.05, 4.69) is 27.5 Å². The van der Waals surface area contributed by atoms with Crippen LogP contribution in [0.25, 0.3) is 0 Å². The molecule has 2 aromatic rings. The summed E-state index contributed by atoms with van der Waals surface area (Å²) in [6.07, 6.45) is 2.00. The average Bonchev–Trinajstić information content (AvgIpc) is 3.03. The highest BCUT2D eigenvalue weighted by atomic mass is 32.1. The van der Waals surface area contributed by atoms with Gasteiger partial charge >= 0.3 is 0 Å². The normalized spacial score (nSPS) is 11.4. The first kappa shape index (κ1) is 19.2. The second kappa shape index (κ2) is 10.7. The van der Waals surface area contributed by atoms with Gasteiger partial charge in [0.1, 0.15) is 12.4 Å². The fraction of sp³-hybridized carbons (Fsp3) is 0.474. The molecule has 136 valence electrons. The molecule has 0 aliphatic heterocycles. The van der Waals surface area contributed by atoms with E-state index in [-0.39, 0.29) is 0 Å². The van der Waals surface area contributed by atoms with Gasteiger partial charge in [0.15, 0.2) is 5.96 Å². The lowest BCUT2D eigenvalue weighted by atomic mass is 10.3. The van der Waals surface area contributed by atoms with E-state index in [1.165, 1.54) is 5.01 Å². The minimum Gasteiger partial charge on any atom is -0.492 e. The number of aromatic nitrogens is 1. The predicted octanol–water partition coefficient (Wildman–Crippen LogP) is 3.36. The molecule has 0 spiro atoms. The number of hydrogen-bond donors (Lipinski definition) is 1. The van der Waals surface area contributed by atoms with Gasteiger partial charge in [-0.1, -0.05) is 18.2 Å². The number of guanidine groups is 1. The number of aryl methyl sites for hydroxylation is 2. The standard InChI is InChI=1S/C19H28N4OS/c1-4-20-19(21-12-8-11-18-22-16(2)15-25-18)23(3)13-14-24-17-9-6-5-7-10-17/h5-7,9-10,15H,4,8,11-14H2,1-3H3,(H,20,21). The third-order valence-electron chi connectivity index (χ3n) is 3.61. The van der Waals surface area contributed by atoms with Crippen LogP contribution in [0.3, 0.4) is 0 Å². The molecule has 1 N–H and O–H groups in total. The number of nitrogens with zero attached hydrogens (tertiary/aromatic N) is 3. The summed E-state index contributed by atoms with van der Waals surface area (Å²) in [4.78, 5) is 11.3. The first-order valence-corrected chi connectivity index (χ1v) is 9.65. The Morgan fingerprint density at radius 1 is 1.32 bits per heavy atom. The fourth-order valence-electron chi connectivity index (χ4n) is 2.33. The smallest absolute Gasteiger partial charge is 0.193 e. The van der Waals surface area contributed by atoms with Crippen LogP contribution in [0, 0.1) is 6.92 Å². The van der Waals surface area contributed by atoms with Crippen LogP contribution in [-0.4, -0.2) is 49.1 Å². The molecule has 0 saturated heterocycles. The van der Waals surface area contributed by atoms with Crippen molar-refractivity contribution in [1.29, 1.82) is 0 Å². The topological polar surface area (TPSA) is 49.8 Å². The summed E-state index contributed by atoms with van der Waals surface area (Å²) >= 11 is 1.73. The second-order valence-corrected chi connectivity index (χ2v) is 6.75. The maximum absolute atomic E-state index is 5.76. The van der Waals surface area contributed by atoms with Crippen molar-refractivity contribution >= 4 is 17.3 Å². The van der Waals surface area contributed by atoms with E-state index in [1.54, 1.807) is 11.3 Å². The lowest BCUT2D eigenvalue weighted by Gasteiger charge is -2.22. The van der Waals surface area contributed by atoms with Gasteiger partial charge in [0.2, 0.25) is 0 Å². The molecule has 0 atom stereocenters. The molecule has 25 heavy (non-hydrogen) atoms. The van der Waals surface area contributed by atoms with E-state index in [1.807, 2.05) is 44.3 Å². The molecule has 2 rings (SSSR count). The van der Waals surface area contributed by atoms with Crippen LogP contribution in [0.2, 0.25) is 0 Å². The Labute approximate surface area is 154 Å². The van der Waals surface area contributed by atoms with Gasteiger partial charge in [-0.25, -0.2) is 4.98 Å². The molecular formula is C19H28N4OS. The van der Waals surface area contributed by atoms with Gasteiger partial charge in [-0.05, 0) is 32.4 Å². The zero-order chi connectivity index (χ0) is 17.9. The van der Waals surface area contributed by atoms with Crippen molar-refractivity contribution < 1.29 is 4.74 Å². The molecule has 0 unspecified atom stereocenters.